The van der Waals surface area contributed by atoms with Crippen LogP contribution in [0.15, 0.2) is 10.1 Å². The number of carbonyl (C=O) groups excluding carboxylic acids is 2. The average Bonchev–Trinajstić information content (AvgIpc) is 3.50. The number of unbranched alkanes of at least 4 members (excludes halogenated alkanes) is 2. The smallest absolute Gasteiger partial charge is 0.265 e. The van der Waals surface area contributed by atoms with Crippen LogP contribution in [0, 0.1) is 17.7 Å². The zero-order valence-electron chi connectivity index (χ0n) is 33.5. The van der Waals surface area contributed by atoms with Crippen molar-refractivity contribution in [2.45, 2.75) is 129 Å². The first-order valence-electron chi connectivity index (χ1n) is 19.8. The summed E-state index contributed by atoms with van der Waals surface area (Å²) in [5.74, 6) is -2.16. The second-order valence-corrected chi connectivity index (χ2v) is 22.0. The summed E-state index contributed by atoms with van der Waals surface area (Å²) >= 11 is 0. The predicted molar refractivity (Wildman–Crippen MR) is 205 cm³/mol. The van der Waals surface area contributed by atoms with Crippen LogP contribution < -0.4 is 9.47 Å². The third-order valence-electron chi connectivity index (χ3n) is 12.5. The Labute approximate surface area is 315 Å². The van der Waals surface area contributed by atoms with Gasteiger partial charge in [0, 0.05) is 41.3 Å². The van der Waals surface area contributed by atoms with Gasteiger partial charge in [0.05, 0.1) is 24.8 Å². The highest BCUT2D eigenvalue weighted by molar-refractivity contribution is 6.74. The quantitative estimate of drug-likeness (QED) is 0.122. The van der Waals surface area contributed by atoms with E-state index in [2.05, 4.69) is 44.7 Å². The number of aromatic nitrogens is 1. The van der Waals surface area contributed by atoms with Gasteiger partial charge in [-0.1, -0.05) is 54.4 Å². The number of fused-ring (bicyclic) bond motifs is 5. The lowest BCUT2D eigenvalue weighted by Gasteiger charge is -2.55. The zero-order valence-corrected chi connectivity index (χ0v) is 34.5. The Balaban J connectivity index is 1.59. The van der Waals surface area contributed by atoms with Gasteiger partial charge in [-0.05, 0) is 88.4 Å². The second-order valence-electron chi connectivity index (χ2n) is 17.3. The van der Waals surface area contributed by atoms with Crippen molar-refractivity contribution >= 4 is 25.6 Å². The summed E-state index contributed by atoms with van der Waals surface area (Å²) in [6.07, 6.45) is 5.33. The number of carbonyl (C=O) groups is 2. The minimum atomic E-state index is -2.88. The lowest BCUT2D eigenvalue weighted by molar-refractivity contribution is -0.140. The summed E-state index contributed by atoms with van der Waals surface area (Å²) < 4.78 is 42.7. The number of hydrogen-bond acceptors (Lipinski definition) is 10. The van der Waals surface area contributed by atoms with E-state index in [9.17, 15) is 5.11 Å². The van der Waals surface area contributed by atoms with Crippen molar-refractivity contribution in [1.29, 1.82) is 0 Å². The fraction of sp³-hybridized carbons (Fsp3) is 0.683. The molecule has 0 radical (unpaired) electrons. The van der Waals surface area contributed by atoms with Crippen LogP contribution in [0.4, 0.5) is 4.39 Å². The van der Waals surface area contributed by atoms with Gasteiger partial charge in [0.1, 0.15) is 22.9 Å². The lowest BCUT2D eigenvalue weighted by Crippen LogP contribution is -2.68. The molecule has 0 spiro atoms. The van der Waals surface area contributed by atoms with Crippen molar-refractivity contribution in [2.75, 3.05) is 40.4 Å². The maximum atomic E-state index is 17.0. The van der Waals surface area contributed by atoms with Gasteiger partial charge in [0.2, 0.25) is 11.6 Å². The summed E-state index contributed by atoms with van der Waals surface area (Å²) in [5, 5.41) is 16.4. The first-order valence-corrected chi connectivity index (χ1v) is 22.7. The van der Waals surface area contributed by atoms with E-state index in [1.54, 1.807) is 0 Å². The standard InChI is InChI=1S/C41H60FN3O7Si/c1-11-14-19-49-35-25-16-18-45(17-13-3)23-27(25)32(42)26-21-24-22-28-33(44(7)8)36-31(39(43-51-36)50-20-15-12-2)38(48)41(28,52-53(9,10)40(4,5)6)37(47)29(24)34(46)30(26)35/h24,28,33,46H,11-23H2,1-10H3/t24-,28-,33-,41-/m0/s1. The van der Waals surface area contributed by atoms with E-state index in [1.165, 1.54) is 0 Å². The molecule has 1 saturated carbocycles. The van der Waals surface area contributed by atoms with E-state index in [0.717, 1.165) is 50.8 Å². The highest BCUT2D eigenvalue weighted by Crippen LogP contribution is 2.59. The molecule has 2 heterocycles. The molecular formula is C41H60FN3O7Si. The lowest BCUT2D eigenvalue weighted by atomic mass is 9.57. The molecule has 53 heavy (non-hydrogen) atoms. The average molecular weight is 754 g/mol. The van der Waals surface area contributed by atoms with E-state index in [1.807, 2.05) is 39.0 Å². The molecule has 4 atom stereocenters. The Morgan fingerprint density at radius 1 is 1.00 bits per heavy atom. The maximum Gasteiger partial charge on any atom is 0.265 e. The SMILES string of the molecule is CCCCOc1noc2c1C(=O)[C@@]1(O[Si](C)(C)C(C)(C)C)C(=O)C3=C(O)c4c(c(F)c5c(c4OCCCC)CCN(CCC)C5)C[C@H]3C[C@H]1[C@@H]2N(C)C. The molecule has 2 aromatic rings. The normalized spacial score (nSPS) is 24.5. The monoisotopic (exact) mass is 753 g/mol. The molecule has 0 bridgehead atoms. The van der Waals surface area contributed by atoms with Gasteiger partial charge < -0.3 is 23.5 Å². The molecule has 12 heteroatoms. The predicted octanol–water partition coefficient (Wildman–Crippen LogP) is 8.23. The van der Waals surface area contributed by atoms with Crippen LogP contribution in [-0.2, 0) is 28.6 Å². The highest BCUT2D eigenvalue weighted by Gasteiger charge is 2.69. The molecule has 1 aromatic heterocycles. The third-order valence-corrected chi connectivity index (χ3v) is 16.9. The number of halogens is 1. The van der Waals surface area contributed by atoms with Crippen LogP contribution >= 0.6 is 0 Å². The third kappa shape index (κ3) is 6.49. The minimum absolute atomic E-state index is 0.0569. The van der Waals surface area contributed by atoms with E-state index < -0.39 is 43.4 Å². The van der Waals surface area contributed by atoms with E-state index in [0.29, 0.717) is 48.8 Å². The minimum Gasteiger partial charge on any atom is -0.507 e. The molecular weight excluding hydrogens is 694 g/mol. The molecule has 0 unspecified atom stereocenters. The molecule has 1 aliphatic heterocycles. The molecule has 0 amide bonds. The zero-order chi connectivity index (χ0) is 38.6. The number of aliphatic hydroxyl groups excluding tert-OH is 1. The molecule has 3 aliphatic carbocycles. The van der Waals surface area contributed by atoms with Crippen LogP contribution in [0.3, 0.4) is 0 Å². The molecule has 1 fully saturated rings. The van der Waals surface area contributed by atoms with Crippen LogP contribution in [0.5, 0.6) is 11.6 Å². The number of nitrogens with zero attached hydrogens (tertiary/aromatic N) is 3. The number of ether oxygens (including phenoxy) is 2. The summed E-state index contributed by atoms with van der Waals surface area (Å²) in [6.45, 7) is 19.3. The highest BCUT2D eigenvalue weighted by atomic mass is 28.4. The van der Waals surface area contributed by atoms with E-state index in [-0.39, 0.29) is 52.0 Å². The Hall–Kier alpha value is -3.06. The summed E-state index contributed by atoms with van der Waals surface area (Å²) in [5.41, 5.74) is 0.253. The van der Waals surface area contributed by atoms with Crippen LogP contribution in [-0.4, -0.2) is 85.9 Å². The van der Waals surface area contributed by atoms with Crippen LogP contribution in [0.2, 0.25) is 18.1 Å². The molecule has 0 saturated heterocycles. The van der Waals surface area contributed by atoms with Crippen molar-refractivity contribution in [2.24, 2.45) is 11.8 Å². The Bertz CT molecular complexity index is 1780. The van der Waals surface area contributed by atoms with Gasteiger partial charge in [0.25, 0.3) is 5.88 Å². The van der Waals surface area contributed by atoms with Crippen LogP contribution in [0.25, 0.3) is 5.76 Å². The molecule has 1 N–H and O–H groups in total. The largest absolute Gasteiger partial charge is 0.507 e. The Kier molecular flexibility index (Phi) is 11.1. The van der Waals surface area contributed by atoms with Gasteiger partial charge >= 0.3 is 0 Å². The van der Waals surface area contributed by atoms with Crippen molar-refractivity contribution in [3.05, 3.63) is 45.0 Å². The molecule has 4 aliphatic rings. The summed E-state index contributed by atoms with van der Waals surface area (Å²) in [4.78, 5) is 35.2. The number of Topliss-reactive ketones (excluding diaryl/α,β-unsaturated/α-hetero) is 2. The van der Waals surface area contributed by atoms with Gasteiger partial charge in [-0.2, -0.15) is 0 Å². The number of benzene rings is 1. The topological polar surface area (TPSA) is 115 Å². The molecule has 292 valence electrons. The Morgan fingerprint density at radius 2 is 1.68 bits per heavy atom. The maximum absolute atomic E-state index is 17.0. The van der Waals surface area contributed by atoms with Gasteiger partial charge in [-0.25, -0.2) is 4.39 Å². The van der Waals surface area contributed by atoms with Gasteiger partial charge in [-0.3, -0.25) is 19.4 Å². The Morgan fingerprint density at radius 3 is 2.30 bits per heavy atom. The molecule has 6 rings (SSSR count). The first kappa shape index (κ1) is 39.6. The number of rotatable bonds is 13. The first-order chi connectivity index (χ1) is 25.0. The van der Waals surface area contributed by atoms with Crippen LogP contribution in [0.1, 0.15) is 124 Å². The molecule has 1 aromatic carbocycles. The van der Waals surface area contributed by atoms with Crippen molar-refractivity contribution in [3.63, 3.8) is 0 Å². The van der Waals surface area contributed by atoms with Crippen molar-refractivity contribution in [3.8, 4) is 11.6 Å². The molecule has 10 nitrogen and oxygen atoms in total. The van der Waals surface area contributed by atoms with E-state index >= 15 is 14.0 Å². The van der Waals surface area contributed by atoms with Crippen molar-refractivity contribution < 1.29 is 37.5 Å². The van der Waals surface area contributed by atoms with Gasteiger partial charge in [0.15, 0.2) is 19.7 Å². The van der Waals surface area contributed by atoms with Gasteiger partial charge in [-0.15, -0.1) is 0 Å². The number of aliphatic hydroxyl groups is 1. The number of ketones is 2. The van der Waals surface area contributed by atoms with Crippen molar-refractivity contribution in [1.82, 2.24) is 15.0 Å². The number of hydrogen-bond donors (Lipinski definition) is 1. The summed E-state index contributed by atoms with van der Waals surface area (Å²) in [6, 6.07) is -0.582. The fourth-order valence-corrected chi connectivity index (χ4v) is 10.2. The summed E-state index contributed by atoms with van der Waals surface area (Å²) in [7, 11) is 0.898. The van der Waals surface area contributed by atoms with E-state index in [4.69, 9.17) is 18.4 Å². The second kappa shape index (κ2) is 14.9. The fourth-order valence-electron chi connectivity index (χ4n) is 8.71.